The minimum Gasteiger partial charge on any atom is -0.358 e. The summed E-state index contributed by atoms with van der Waals surface area (Å²) in [6.07, 6.45) is 9.85. The Morgan fingerprint density at radius 1 is 1.11 bits per heavy atom. The molecule has 1 nitrogen and oxygen atoms in total. The number of allylic oxidation sites excluding steroid dienone is 1. The van der Waals surface area contributed by atoms with Crippen molar-refractivity contribution in [1.82, 2.24) is 4.98 Å². The molecule has 1 heterocycles. The molecule has 0 aliphatic rings. The molecule has 1 unspecified atom stereocenters. The van der Waals surface area contributed by atoms with Crippen LogP contribution in [0.4, 0.5) is 4.39 Å². The van der Waals surface area contributed by atoms with Gasteiger partial charge in [-0.2, -0.15) is 0 Å². The minimum absolute atomic E-state index is 0.187. The van der Waals surface area contributed by atoms with Gasteiger partial charge >= 0.3 is 0 Å². The van der Waals surface area contributed by atoms with E-state index < -0.39 is 0 Å². The van der Waals surface area contributed by atoms with Crippen LogP contribution in [-0.4, -0.2) is 4.98 Å². The topological polar surface area (TPSA) is 15.8 Å². The normalized spacial score (nSPS) is 12.9. The Bertz CT molecular complexity index is 953. The van der Waals surface area contributed by atoms with Crippen molar-refractivity contribution in [2.24, 2.45) is 0 Å². The molecule has 0 spiro atoms. The summed E-state index contributed by atoms with van der Waals surface area (Å²) in [6, 6.07) is 12.0. The highest BCUT2D eigenvalue weighted by atomic mass is 35.5. The van der Waals surface area contributed by atoms with E-state index in [-0.39, 0.29) is 16.8 Å². The molecular weight excluding hydrogens is 369 g/mol. The van der Waals surface area contributed by atoms with E-state index in [2.05, 4.69) is 62.2 Å². The Labute approximate surface area is 172 Å². The van der Waals surface area contributed by atoms with Crippen LogP contribution < -0.4 is 0 Å². The van der Waals surface area contributed by atoms with Gasteiger partial charge in [-0.25, -0.2) is 4.39 Å². The first-order chi connectivity index (χ1) is 13.5. The number of hydrogen-bond donors (Lipinski definition) is 1. The van der Waals surface area contributed by atoms with Crippen LogP contribution in [0.5, 0.6) is 0 Å². The highest BCUT2D eigenvalue weighted by molar-refractivity contribution is 6.31. The monoisotopic (exact) mass is 397 g/mol. The molecule has 3 heteroatoms. The van der Waals surface area contributed by atoms with E-state index in [9.17, 15) is 4.39 Å². The molecule has 1 atom stereocenters. The number of benzene rings is 2. The Morgan fingerprint density at radius 2 is 1.86 bits per heavy atom. The molecule has 1 N–H and O–H groups in total. The number of unbranched alkanes of at least 4 members (excludes halogenated alkanes) is 2. The summed E-state index contributed by atoms with van der Waals surface area (Å²) in [7, 11) is 0. The summed E-state index contributed by atoms with van der Waals surface area (Å²) >= 11 is 6.07. The van der Waals surface area contributed by atoms with E-state index in [0.717, 1.165) is 43.0 Å². The molecule has 0 saturated heterocycles. The van der Waals surface area contributed by atoms with Crippen LogP contribution in [0.25, 0.3) is 17.0 Å². The van der Waals surface area contributed by atoms with E-state index in [1.165, 1.54) is 28.5 Å². The van der Waals surface area contributed by atoms with Gasteiger partial charge in [-0.3, -0.25) is 0 Å². The molecule has 3 aromatic rings. The Kier molecular flexibility index (Phi) is 6.96. The van der Waals surface area contributed by atoms with Gasteiger partial charge in [0.25, 0.3) is 0 Å². The van der Waals surface area contributed by atoms with Gasteiger partial charge in [-0.1, -0.05) is 81.6 Å². The van der Waals surface area contributed by atoms with Gasteiger partial charge in [0.15, 0.2) is 0 Å². The van der Waals surface area contributed by atoms with Crippen LogP contribution in [0.3, 0.4) is 0 Å². The summed E-state index contributed by atoms with van der Waals surface area (Å²) in [5.41, 5.74) is 5.73. The van der Waals surface area contributed by atoms with Gasteiger partial charge in [-0.15, -0.1) is 0 Å². The molecule has 2 aromatic carbocycles. The second-order valence-corrected chi connectivity index (χ2v) is 7.92. The Hall–Kier alpha value is -2.06. The van der Waals surface area contributed by atoms with Gasteiger partial charge in [0.1, 0.15) is 5.82 Å². The van der Waals surface area contributed by atoms with Crippen molar-refractivity contribution in [3.63, 3.8) is 0 Å². The molecule has 0 aliphatic carbocycles. The largest absolute Gasteiger partial charge is 0.358 e. The van der Waals surface area contributed by atoms with Crippen molar-refractivity contribution in [2.45, 2.75) is 58.8 Å². The third kappa shape index (κ3) is 4.50. The number of hydrogen-bond acceptors (Lipinski definition) is 0. The maximum absolute atomic E-state index is 14.0. The van der Waals surface area contributed by atoms with Crippen LogP contribution in [-0.2, 0) is 6.42 Å². The molecule has 0 radical (unpaired) electrons. The van der Waals surface area contributed by atoms with Crippen molar-refractivity contribution in [3.05, 3.63) is 75.7 Å². The van der Waals surface area contributed by atoms with Gasteiger partial charge in [0.05, 0.1) is 5.02 Å². The number of aryl methyl sites for hydroxylation is 1. The Balaban J connectivity index is 1.96. The van der Waals surface area contributed by atoms with Crippen molar-refractivity contribution in [1.29, 1.82) is 0 Å². The van der Waals surface area contributed by atoms with E-state index >= 15 is 0 Å². The lowest BCUT2D eigenvalue weighted by atomic mass is 9.92. The number of aromatic nitrogens is 1. The smallest absolute Gasteiger partial charge is 0.143 e. The van der Waals surface area contributed by atoms with E-state index in [0.29, 0.717) is 0 Å². The third-order valence-electron chi connectivity index (χ3n) is 5.40. The molecular formula is C25H29ClFN. The zero-order valence-corrected chi connectivity index (χ0v) is 17.7. The standard InChI is InChI=1S/C25H29ClFN/c1-4-6-8-9-18-11-13-19(14-12-18)17(3)25-20(10-7-5-2)21-15-22(26)23(27)16-24(21)28-25/h8-9,11-17,28H,4-7,10H2,1-3H3/b9-8+. The molecule has 148 valence electrons. The first-order valence-electron chi connectivity index (χ1n) is 10.3. The fraction of sp³-hybridized carbons (Fsp3) is 0.360. The van der Waals surface area contributed by atoms with Crippen LogP contribution in [0.2, 0.25) is 5.02 Å². The molecule has 28 heavy (non-hydrogen) atoms. The molecule has 0 aliphatic heterocycles. The summed E-state index contributed by atoms with van der Waals surface area (Å²) in [4.78, 5) is 3.48. The zero-order chi connectivity index (χ0) is 20.1. The maximum Gasteiger partial charge on any atom is 0.143 e. The number of halogens is 2. The molecule has 3 rings (SSSR count). The van der Waals surface area contributed by atoms with Crippen molar-refractivity contribution >= 4 is 28.6 Å². The van der Waals surface area contributed by atoms with Crippen molar-refractivity contribution in [3.8, 4) is 0 Å². The minimum atomic E-state index is -0.375. The molecule has 0 saturated carbocycles. The average Bonchev–Trinajstić information content (AvgIpc) is 3.04. The van der Waals surface area contributed by atoms with Crippen LogP contribution in [0.1, 0.15) is 74.8 Å². The predicted molar refractivity (Wildman–Crippen MR) is 120 cm³/mol. The highest BCUT2D eigenvalue weighted by Crippen LogP contribution is 2.35. The number of aromatic amines is 1. The van der Waals surface area contributed by atoms with E-state index in [4.69, 9.17) is 11.6 Å². The second kappa shape index (κ2) is 9.43. The number of nitrogens with one attached hydrogen (secondary N) is 1. The van der Waals surface area contributed by atoms with E-state index in [1.807, 2.05) is 0 Å². The summed E-state index contributed by atoms with van der Waals surface area (Å²) in [5.74, 6) is -0.172. The van der Waals surface area contributed by atoms with Crippen LogP contribution in [0, 0.1) is 5.82 Å². The summed E-state index contributed by atoms with van der Waals surface area (Å²) in [6.45, 7) is 6.58. The highest BCUT2D eigenvalue weighted by Gasteiger charge is 2.19. The first-order valence-corrected chi connectivity index (χ1v) is 10.7. The maximum atomic E-state index is 14.0. The summed E-state index contributed by atoms with van der Waals surface area (Å²) in [5, 5.41) is 1.23. The van der Waals surface area contributed by atoms with Gasteiger partial charge in [0, 0.05) is 22.5 Å². The van der Waals surface area contributed by atoms with E-state index in [1.54, 1.807) is 6.07 Å². The van der Waals surface area contributed by atoms with Crippen LogP contribution in [0.15, 0.2) is 42.5 Å². The zero-order valence-electron chi connectivity index (χ0n) is 17.0. The SMILES string of the molecule is CCC/C=C/c1ccc(C(C)c2[nH]c3cc(F)c(Cl)cc3c2CCCC)cc1. The van der Waals surface area contributed by atoms with Crippen molar-refractivity contribution in [2.75, 3.05) is 0 Å². The number of rotatable bonds is 8. The fourth-order valence-corrected chi connectivity index (χ4v) is 3.87. The lowest BCUT2D eigenvalue weighted by molar-refractivity contribution is 0.630. The third-order valence-corrected chi connectivity index (χ3v) is 5.69. The molecule has 0 bridgehead atoms. The first kappa shape index (κ1) is 20.7. The van der Waals surface area contributed by atoms with Crippen LogP contribution >= 0.6 is 11.6 Å². The molecule has 0 amide bonds. The number of H-pyrrole nitrogens is 1. The Morgan fingerprint density at radius 3 is 2.54 bits per heavy atom. The van der Waals surface area contributed by atoms with Gasteiger partial charge < -0.3 is 4.98 Å². The van der Waals surface area contributed by atoms with Crippen molar-refractivity contribution < 1.29 is 4.39 Å². The lowest BCUT2D eigenvalue weighted by Crippen LogP contribution is -2.01. The van der Waals surface area contributed by atoms with Gasteiger partial charge in [-0.05, 0) is 48.1 Å². The second-order valence-electron chi connectivity index (χ2n) is 7.51. The summed E-state index contributed by atoms with van der Waals surface area (Å²) < 4.78 is 14.0. The van der Waals surface area contributed by atoms with Gasteiger partial charge in [0.2, 0.25) is 0 Å². The average molecular weight is 398 g/mol. The molecule has 1 aromatic heterocycles. The quantitative estimate of drug-likeness (QED) is 0.393. The fourth-order valence-electron chi connectivity index (χ4n) is 3.71. The molecule has 0 fully saturated rings. The lowest BCUT2D eigenvalue weighted by Gasteiger charge is -2.14. The number of fused-ring (bicyclic) bond motifs is 1. The predicted octanol–water partition coefficient (Wildman–Crippen LogP) is 8.27.